The lowest BCUT2D eigenvalue weighted by atomic mass is 10.1. The minimum Gasteiger partial charge on any atom is -0.319 e. The van der Waals surface area contributed by atoms with Crippen LogP contribution in [0.15, 0.2) is 58.4 Å². The summed E-state index contributed by atoms with van der Waals surface area (Å²) in [6, 6.07) is 14.5. The third-order valence-electron chi connectivity index (χ3n) is 3.69. The number of aromatic nitrogens is 1. The normalized spacial score (nSPS) is 12.6. The Bertz CT molecular complexity index is 1100. The van der Waals surface area contributed by atoms with E-state index in [0.717, 1.165) is 26.6 Å². The van der Waals surface area contributed by atoms with E-state index in [9.17, 15) is 8.42 Å². The molecule has 0 amide bonds. The number of primary sulfonamides is 1. The molecule has 0 saturated heterocycles. The molecule has 0 spiro atoms. The van der Waals surface area contributed by atoms with Gasteiger partial charge >= 0.3 is 0 Å². The summed E-state index contributed by atoms with van der Waals surface area (Å²) in [4.78, 5) is 6.39. The molecule has 0 saturated carbocycles. The van der Waals surface area contributed by atoms with Gasteiger partial charge in [-0.15, -0.1) is 11.3 Å². The molecule has 25 heavy (non-hydrogen) atoms. The lowest BCUT2D eigenvalue weighted by Crippen LogP contribution is -2.14. The van der Waals surface area contributed by atoms with Crippen LogP contribution < -0.4 is 9.94 Å². The first-order valence-corrected chi connectivity index (χ1v) is 10.1. The standard InChI is InChI=1S/C17H16ClN3O2S2/c1-11-16(12-8-9-14(18)15(10-12)25(19,22)23)21(2)17(24-11)20-13-6-4-3-5-7-13/h3-10H,1-2H3,(H2,19,22,23)/b20-17+. The minimum absolute atomic E-state index is 0.0844. The number of aryl methyl sites for hydroxylation is 1. The molecular formula is C17H16ClN3O2S2. The molecule has 1 aromatic heterocycles. The number of thiazole rings is 1. The van der Waals surface area contributed by atoms with Crippen molar-refractivity contribution >= 4 is 38.6 Å². The molecule has 5 nitrogen and oxygen atoms in total. The first-order chi connectivity index (χ1) is 11.8. The summed E-state index contributed by atoms with van der Waals surface area (Å²) in [7, 11) is -2.00. The number of nitrogens with two attached hydrogens (primary N) is 1. The Morgan fingerprint density at radius 3 is 2.48 bits per heavy atom. The van der Waals surface area contributed by atoms with Crippen molar-refractivity contribution in [2.75, 3.05) is 0 Å². The van der Waals surface area contributed by atoms with Crippen molar-refractivity contribution in [2.45, 2.75) is 11.8 Å². The van der Waals surface area contributed by atoms with Crippen LogP contribution in [0.5, 0.6) is 0 Å². The fraction of sp³-hybridized carbons (Fsp3) is 0.118. The highest BCUT2D eigenvalue weighted by atomic mass is 35.5. The number of nitrogens with zero attached hydrogens (tertiary/aromatic N) is 2. The van der Waals surface area contributed by atoms with Gasteiger partial charge < -0.3 is 4.57 Å². The summed E-state index contributed by atoms with van der Waals surface area (Å²) in [6.07, 6.45) is 0. The van der Waals surface area contributed by atoms with Crippen LogP contribution in [0.25, 0.3) is 11.3 Å². The number of hydrogen-bond donors (Lipinski definition) is 1. The van der Waals surface area contributed by atoms with Crippen LogP contribution in [0.2, 0.25) is 5.02 Å². The summed E-state index contributed by atoms with van der Waals surface area (Å²) >= 11 is 7.51. The SMILES string of the molecule is Cc1s/c(=N/c2ccccc2)n(C)c1-c1ccc(Cl)c(S(N)(=O)=O)c1. The number of halogens is 1. The molecule has 3 aromatic rings. The molecule has 3 rings (SSSR count). The zero-order chi connectivity index (χ0) is 18.2. The summed E-state index contributed by atoms with van der Waals surface area (Å²) in [5, 5.41) is 5.36. The van der Waals surface area contributed by atoms with E-state index in [1.807, 2.05) is 48.9 Å². The van der Waals surface area contributed by atoms with E-state index < -0.39 is 10.0 Å². The molecule has 2 N–H and O–H groups in total. The zero-order valence-corrected chi connectivity index (χ0v) is 16.0. The number of rotatable bonds is 3. The minimum atomic E-state index is -3.89. The maximum Gasteiger partial charge on any atom is 0.239 e. The van der Waals surface area contributed by atoms with Crippen molar-refractivity contribution in [3.05, 3.63) is 63.2 Å². The van der Waals surface area contributed by atoms with E-state index >= 15 is 0 Å². The number of para-hydroxylation sites is 1. The predicted octanol–water partition coefficient (Wildman–Crippen LogP) is 3.60. The van der Waals surface area contributed by atoms with E-state index in [4.69, 9.17) is 16.7 Å². The molecular weight excluding hydrogens is 378 g/mol. The van der Waals surface area contributed by atoms with E-state index in [2.05, 4.69) is 4.99 Å². The van der Waals surface area contributed by atoms with Gasteiger partial charge in [-0.3, -0.25) is 0 Å². The summed E-state index contributed by atoms with van der Waals surface area (Å²) < 4.78 is 25.4. The van der Waals surface area contributed by atoms with Crippen LogP contribution in [0.3, 0.4) is 0 Å². The van der Waals surface area contributed by atoms with Crippen LogP contribution in [0.1, 0.15) is 4.88 Å². The topological polar surface area (TPSA) is 77.5 Å². The maximum absolute atomic E-state index is 11.7. The third-order valence-corrected chi connectivity index (χ3v) is 6.13. The largest absolute Gasteiger partial charge is 0.319 e. The fourth-order valence-corrected chi connectivity index (χ4v) is 4.64. The Balaban J connectivity index is 2.19. The van der Waals surface area contributed by atoms with E-state index in [1.165, 1.54) is 17.4 Å². The molecule has 130 valence electrons. The van der Waals surface area contributed by atoms with E-state index in [-0.39, 0.29) is 9.92 Å². The second-order valence-corrected chi connectivity index (χ2v) is 8.60. The van der Waals surface area contributed by atoms with Crippen molar-refractivity contribution in [3.63, 3.8) is 0 Å². The monoisotopic (exact) mass is 393 g/mol. The maximum atomic E-state index is 11.7. The number of sulfonamides is 1. The van der Waals surface area contributed by atoms with Crippen molar-refractivity contribution in [2.24, 2.45) is 17.2 Å². The van der Waals surface area contributed by atoms with Crippen molar-refractivity contribution in [1.82, 2.24) is 4.57 Å². The van der Waals surface area contributed by atoms with Gasteiger partial charge in [-0.05, 0) is 31.2 Å². The average molecular weight is 394 g/mol. The van der Waals surface area contributed by atoms with Gasteiger partial charge in [0.1, 0.15) is 4.90 Å². The molecule has 0 aliphatic carbocycles. The average Bonchev–Trinajstić information content (AvgIpc) is 2.82. The van der Waals surface area contributed by atoms with Crippen molar-refractivity contribution in [3.8, 4) is 11.3 Å². The predicted molar refractivity (Wildman–Crippen MR) is 102 cm³/mol. The van der Waals surface area contributed by atoms with Crippen LogP contribution in [0.4, 0.5) is 5.69 Å². The molecule has 0 fully saturated rings. The van der Waals surface area contributed by atoms with Gasteiger partial charge in [0.2, 0.25) is 10.0 Å². The molecule has 0 bridgehead atoms. The van der Waals surface area contributed by atoms with Crippen LogP contribution in [-0.4, -0.2) is 13.0 Å². The molecule has 1 heterocycles. The van der Waals surface area contributed by atoms with E-state index in [0.29, 0.717) is 0 Å². The molecule has 8 heteroatoms. The third kappa shape index (κ3) is 3.69. The Hall–Kier alpha value is -1.93. The van der Waals surface area contributed by atoms with Crippen LogP contribution in [-0.2, 0) is 17.1 Å². The van der Waals surface area contributed by atoms with Gasteiger partial charge in [-0.2, -0.15) is 0 Å². The molecule has 0 radical (unpaired) electrons. The van der Waals surface area contributed by atoms with E-state index in [1.54, 1.807) is 12.1 Å². The Labute approximate surface area is 155 Å². The van der Waals surface area contributed by atoms with Gasteiger partial charge in [0.05, 0.1) is 16.4 Å². The first-order valence-electron chi connectivity index (χ1n) is 7.36. The Morgan fingerprint density at radius 2 is 1.84 bits per heavy atom. The van der Waals surface area contributed by atoms with Crippen molar-refractivity contribution < 1.29 is 8.42 Å². The number of hydrogen-bond acceptors (Lipinski definition) is 4. The van der Waals surface area contributed by atoms with Gasteiger partial charge in [-0.25, -0.2) is 18.5 Å². The smallest absolute Gasteiger partial charge is 0.239 e. The Kier molecular flexibility index (Phi) is 4.83. The summed E-state index contributed by atoms with van der Waals surface area (Å²) in [5.74, 6) is 0. The fourth-order valence-electron chi connectivity index (χ4n) is 2.56. The van der Waals surface area contributed by atoms with Crippen molar-refractivity contribution in [1.29, 1.82) is 0 Å². The van der Waals surface area contributed by atoms with Gasteiger partial charge in [0, 0.05) is 17.5 Å². The van der Waals surface area contributed by atoms with Gasteiger partial charge in [-0.1, -0.05) is 35.9 Å². The molecule has 0 unspecified atom stereocenters. The summed E-state index contributed by atoms with van der Waals surface area (Å²) in [6.45, 7) is 1.97. The van der Waals surface area contributed by atoms with Gasteiger partial charge in [0.15, 0.2) is 4.80 Å². The summed E-state index contributed by atoms with van der Waals surface area (Å²) in [5.41, 5.74) is 2.45. The zero-order valence-electron chi connectivity index (χ0n) is 13.6. The number of benzene rings is 2. The molecule has 0 aliphatic heterocycles. The lowest BCUT2D eigenvalue weighted by molar-refractivity contribution is 0.598. The van der Waals surface area contributed by atoms with Gasteiger partial charge in [0.25, 0.3) is 0 Å². The van der Waals surface area contributed by atoms with Crippen LogP contribution in [0, 0.1) is 6.92 Å². The molecule has 2 aromatic carbocycles. The first kappa shape index (κ1) is 17.9. The molecule has 0 aliphatic rings. The second kappa shape index (κ2) is 6.76. The highest BCUT2D eigenvalue weighted by Crippen LogP contribution is 2.30. The quantitative estimate of drug-likeness (QED) is 0.738. The molecule has 0 atom stereocenters. The van der Waals surface area contributed by atoms with Crippen LogP contribution >= 0.6 is 22.9 Å². The highest BCUT2D eigenvalue weighted by molar-refractivity contribution is 7.89. The Morgan fingerprint density at radius 1 is 1.16 bits per heavy atom. The highest BCUT2D eigenvalue weighted by Gasteiger charge is 2.17. The second-order valence-electron chi connectivity index (χ2n) is 5.49. The lowest BCUT2D eigenvalue weighted by Gasteiger charge is -2.08.